The van der Waals surface area contributed by atoms with Gasteiger partial charge in [-0.3, -0.25) is 9.69 Å². The highest BCUT2D eigenvalue weighted by atomic mass is 31.1. The number of allylic oxidation sites excluding steroid dienone is 2. The van der Waals surface area contributed by atoms with Crippen molar-refractivity contribution in [1.29, 1.82) is 0 Å². The Morgan fingerprint density at radius 2 is 2.11 bits per heavy atom. The molecule has 0 bridgehead atoms. The molecular formula is C28H40N5O2P. The smallest absolute Gasteiger partial charge is 0.143 e. The molecule has 0 radical (unpaired) electrons. The van der Waals surface area contributed by atoms with Gasteiger partial charge < -0.3 is 18.9 Å². The number of ether oxygens (including phenoxy) is 1. The van der Waals surface area contributed by atoms with Crippen molar-refractivity contribution >= 4 is 25.8 Å². The van der Waals surface area contributed by atoms with Gasteiger partial charge in [0.15, 0.2) is 0 Å². The lowest BCUT2D eigenvalue weighted by atomic mass is 10.0. The Kier molecular flexibility index (Phi) is 8.66. The third kappa shape index (κ3) is 5.91. The molecule has 7 nitrogen and oxygen atoms in total. The summed E-state index contributed by atoms with van der Waals surface area (Å²) in [5.41, 5.74) is 5.55. The van der Waals surface area contributed by atoms with E-state index in [1.165, 1.54) is 11.3 Å². The first-order chi connectivity index (χ1) is 17.3. The maximum Gasteiger partial charge on any atom is 0.143 e. The minimum absolute atomic E-state index is 0.211. The molecule has 194 valence electrons. The summed E-state index contributed by atoms with van der Waals surface area (Å²) in [6.07, 6.45) is 13.6. The van der Waals surface area contributed by atoms with Crippen molar-refractivity contribution in [2.24, 2.45) is 0 Å². The van der Waals surface area contributed by atoms with Crippen LogP contribution >= 0.6 is 8.58 Å². The summed E-state index contributed by atoms with van der Waals surface area (Å²) in [5, 5.41) is 1.07. The van der Waals surface area contributed by atoms with Crippen molar-refractivity contribution in [3.8, 4) is 0 Å². The predicted octanol–water partition coefficient (Wildman–Crippen LogP) is 4.31. The SMILES string of the molecule is COCCN1CCN(C2=CN(C)C(P/C(=C\C=O)c3cc(C(C)C)c4nc(C)cn4c3)C=C2)C[C@@H]1C. The summed E-state index contributed by atoms with van der Waals surface area (Å²) in [7, 11) is 4.35. The van der Waals surface area contributed by atoms with E-state index in [-0.39, 0.29) is 5.78 Å². The molecule has 0 spiro atoms. The van der Waals surface area contributed by atoms with Crippen LogP contribution in [0.1, 0.15) is 43.5 Å². The van der Waals surface area contributed by atoms with Crippen LogP contribution in [0.25, 0.3) is 11.0 Å². The van der Waals surface area contributed by atoms with Crippen molar-refractivity contribution in [1.82, 2.24) is 24.1 Å². The molecule has 0 saturated carbocycles. The number of rotatable bonds is 9. The van der Waals surface area contributed by atoms with Gasteiger partial charge in [-0.05, 0) is 54.4 Å². The number of carbonyl (C=O) groups is 1. The van der Waals surface area contributed by atoms with Crippen LogP contribution in [0, 0.1) is 6.92 Å². The number of piperazine rings is 1. The van der Waals surface area contributed by atoms with Crippen LogP contribution in [0.4, 0.5) is 0 Å². The van der Waals surface area contributed by atoms with E-state index in [2.05, 4.69) is 83.7 Å². The fraction of sp³-hybridized carbons (Fsp3) is 0.500. The molecule has 0 amide bonds. The predicted molar refractivity (Wildman–Crippen MR) is 150 cm³/mol. The monoisotopic (exact) mass is 509 g/mol. The molecule has 1 saturated heterocycles. The Labute approximate surface area is 217 Å². The van der Waals surface area contributed by atoms with Gasteiger partial charge in [-0.15, -0.1) is 0 Å². The molecule has 36 heavy (non-hydrogen) atoms. The molecule has 2 unspecified atom stereocenters. The molecule has 3 atom stereocenters. The van der Waals surface area contributed by atoms with Crippen LogP contribution in [0.2, 0.25) is 0 Å². The lowest BCUT2D eigenvalue weighted by Crippen LogP contribution is -2.52. The topological polar surface area (TPSA) is 53.3 Å². The van der Waals surface area contributed by atoms with E-state index in [1.54, 1.807) is 13.2 Å². The Balaban J connectivity index is 1.49. The number of hydrogen-bond acceptors (Lipinski definition) is 6. The number of likely N-dealkylation sites (N-methyl/N-ethyl adjacent to an activating group) is 1. The maximum atomic E-state index is 11.6. The molecule has 4 heterocycles. The summed E-state index contributed by atoms with van der Waals surface area (Å²) < 4.78 is 7.37. The van der Waals surface area contributed by atoms with Crippen molar-refractivity contribution in [3.05, 3.63) is 65.4 Å². The number of carbonyl (C=O) groups excluding carboxylic acids is 1. The number of methoxy groups -OCH3 is 1. The lowest BCUT2D eigenvalue weighted by Gasteiger charge is -2.42. The summed E-state index contributed by atoms with van der Waals surface area (Å²) >= 11 is 0. The number of aromatic nitrogens is 2. The second-order valence-corrected chi connectivity index (χ2v) is 11.6. The number of imidazole rings is 1. The van der Waals surface area contributed by atoms with Gasteiger partial charge in [-0.1, -0.05) is 28.5 Å². The zero-order valence-electron chi connectivity index (χ0n) is 22.4. The number of nitrogens with zero attached hydrogens (tertiary/aromatic N) is 5. The number of hydrogen-bond donors (Lipinski definition) is 0. The molecule has 8 heteroatoms. The first-order valence-electron chi connectivity index (χ1n) is 12.8. The van der Waals surface area contributed by atoms with Crippen molar-refractivity contribution in [2.45, 2.75) is 45.4 Å². The molecule has 2 aliphatic heterocycles. The van der Waals surface area contributed by atoms with Crippen LogP contribution < -0.4 is 0 Å². The average Bonchev–Trinajstić information content (AvgIpc) is 3.23. The summed E-state index contributed by atoms with van der Waals surface area (Å²) in [6.45, 7) is 13.5. The Morgan fingerprint density at radius 1 is 1.31 bits per heavy atom. The average molecular weight is 510 g/mol. The molecule has 2 aromatic heterocycles. The van der Waals surface area contributed by atoms with Gasteiger partial charge >= 0.3 is 0 Å². The Bertz CT molecular complexity index is 1170. The highest BCUT2D eigenvalue weighted by Gasteiger charge is 2.26. The second-order valence-electron chi connectivity index (χ2n) is 10.2. The molecule has 2 aromatic rings. The molecule has 1 fully saturated rings. The molecule has 2 aliphatic rings. The molecule has 0 N–H and O–H groups in total. The van der Waals surface area contributed by atoms with Crippen LogP contribution in [0.3, 0.4) is 0 Å². The summed E-state index contributed by atoms with van der Waals surface area (Å²) in [5.74, 6) is 0.554. The minimum atomic E-state index is 0.211. The van der Waals surface area contributed by atoms with Crippen molar-refractivity contribution < 1.29 is 9.53 Å². The highest BCUT2D eigenvalue weighted by molar-refractivity contribution is 7.51. The zero-order chi connectivity index (χ0) is 25.8. The normalized spacial score (nSPS) is 21.9. The maximum absolute atomic E-state index is 11.6. The third-order valence-electron chi connectivity index (χ3n) is 7.11. The van der Waals surface area contributed by atoms with E-state index < -0.39 is 0 Å². The van der Waals surface area contributed by atoms with Crippen LogP contribution in [0.5, 0.6) is 0 Å². The highest BCUT2D eigenvalue weighted by Crippen LogP contribution is 2.41. The van der Waals surface area contributed by atoms with Gasteiger partial charge in [0.25, 0.3) is 0 Å². The second kappa shape index (κ2) is 11.7. The van der Waals surface area contributed by atoms with Gasteiger partial charge in [0, 0.05) is 65.0 Å². The van der Waals surface area contributed by atoms with Crippen molar-refractivity contribution in [2.75, 3.05) is 46.9 Å². The van der Waals surface area contributed by atoms with Crippen LogP contribution in [-0.2, 0) is 9.53 Å². The summed E-state index contributed by atoms with van der Waals surface area (Å²) in [6, 6.07) is 2.71. The van der Waals surface area contributed by atoms with Crippen molar-refractivity contribution in [3.63, 3.8) is 0 Å². The van der Waals surface area contributed by atoms with E-state index in [1.807, 2.05) is 6.92 Å². The van der Waals surface area contributed by atoms with Crippen LogP contribution in [-0.4, -0.2) is 89.1 Å². The van der Waals surface area contributed by atoms with E-state index in [9.17, 15) is 4.79 Å². The third-order valence-corrected chi connectivity index (χ3v) is 8.77. The van der Waals surface area contributed by atoms with Gasteiger partial charge in [0.2, 0.25) is 0 Å². The molecule has 0 aliphatic carbocycles. The Morgan fingerprint density at radius 3 is 2.78 bits per heavy atom. The van der Waals surface area contributed by atoms with Gasteiger partial charge in [0.1, 0.15) is 11.9 Å². The quantitative estimate of drug-likeness (QED) is 0.285. The first-order valence-corrected chi connectivity index (χ1v) is 13.9. The molecule has 0 aromatic carbocycles. The summed E-state index contributed by atoms with van der Waals surface area (Å²) in [4.78, 5) is 23.6. The zero-order valence-corrected chi connectivity index (χ0v) is 23.4. The van der Waals surface area contributed by atoms with Crippen LogP contribution in [0.15, 0.2) is 48.6 Å². The fourth-order valence-corrected chi connectivity index (χ4v) is 6.30. The van der Waals surface area contributed by atoms with E-state index in [0.29, 0.717) is 20.5 Å². The lowest BCUT2D eigenvalue weighted by molar-refractivity contribution is -0.104. The standard InChI is InChI=1S/C28H40N5O2P/c1-20(2)25-15-23(18-33-16-21(3)29-28(25)33)26(9-13-34)36-27-8-7-24(19-30(27)5)32-11-10-31(12-14-35-6)22(4)17-32/h7-9,13,15-16,18-20,22,27,36H,10-12,14,17H2,1-6H3/b26-9-/t22-,27?/m0/s1. The number of aldehydes is 1. The van der Waals surface area contributed by atoms with E-state index in [4.69, 9.17) is 9.72 Å². The minimum Gasteiger partial charge on any atom is -0.383 e. The van der Waals surface area contributed by atoms with E-state index >= 15 is 0 Å². The molecular weight excluding hydrogens is 469 g/mol. The number of fused-ring (bicyclic) bond motifs is 1. The Hall–Kier alpha value is -2.47. The fourth-order valence-electron chi connectivity index (χ4n) is 5.04. The van der Waals surface area contributed by atoms with Gasteiger partial charge in [-0.25, -0.2) is 4.98 Å². The van der Waals surface area contributed by atoms with Gasteiger partial charge in [0.05, 0.1) is 23.8 Å². The first kappa shape index (κ1) is 26.6. The van der Waals surface area contributed by atoms with Gasteiger partial charge in [-0.2, -0.15) is 0 Å². The number of pyridine rings is 1. The molecule has 4 rings (SSSR count). The number of aryl methyl sites for hydroxylation is 1. The largest absolute Gasteiger partial charge is 0.383 e. The van der Waals surface area contributed by atoms with E-state index in [0.717, 1.165) is 61.3 Å².